The van der Waals surface area contributed by atoms with Crippen LogP contribution in [0.1, 0.15) is 12.5 Å². The van der Waals surface area contributed by atoms with Gasteiger partial charge in [-0.1, -0.05) is 42.5 Å². The minimum absolute atomic E-state index is 0.0138. The first-order chi connectivity index (χ1) is 9.47. The average molecular weight is 294 g/mol. The van der Waals surface area contributed by atoms with E-state index in [1.165, 1.54) is 0 Å². The Morgan fingerprint density at radius 1 is 1.40 bits per heavy atom. The van der Waals surface area contributed by atoms with Crippen molar-refractivity contribution in [1.82, 2.24) is 4.90 Å². The summed E-state index contributed by atoms with van der Waals surface area (Å²) in [4.78, 5) is 14.4. The van der Waals surface area contributed by atoms with Crippen molar-refractivity contribution in [2.24, 2.45) is 11.7 Å². The average Bonchev–Trinajstić information content (AvgIpc) is 2.44. The van der Waals surface area contributed by atoms with Gasteiger partial charge in [-0.05, 0) is 18.9 Å². The lowest BCUT2D eigenvalue weighted by molar-refractivity contribution is -0.134. The summed E-state index contributed by atoms with van der Waals surface area (Å²) in [6.07, 6.45) is 0.527. The molecule has 20 heavy (non-hydrogen) atoms. The number of hydrogen-bond donors (Lipinski definition) is 1. The fraction of sp³-hybridized carbons (Fsp3) is 0.467. The van der Waals surface area contributed by atoms with E-state index in [0.717, 1.165) is 5.56 Å². The van der Waals surface area contributed by atoms with E-state index < -0.39 is 5.92 Å². The molecule has 1 rings (SSSR count). The van der Waals surface area contributed by atoms with E-state index in [0.29, 0.717) is 13.0 Å². The molecular weight excluding hydrogens is 272 g/mol. The van der Waals surface area contributed by atoms with Crippen molar-refractivity contribution in [3.05, 3.63) is 35.9 Å². The molecule has 2 unspecified atom stereocenters. The highest BCUT2D eigenvalue weighted by molar-refractivity contribution is 7.80. The van der Waals surface area contributed by atoms with Gasteiger partial charge in [-0.3, -0.25) is 4.79 Å². The zero-order valence-electron chi connectivity index (χ0n) is 12.2. The number of methoxy groups -OCH3 is 1. The predicted octanol–water partition coefficient (Wildman–Crippen LogP) is 1.62. The number of carbonyl (C=O) groups excluding carboxylic acids is 1. The van der Waals surface area contributed by atoms with Gasteiger partial charge in [0.05, 0.1) is 23.6 Å². The summed E-state index contributed by atoms with van der Waals surface area (Å²) >= 11 is 5.06. The van der Waals surface area contributed by atoms with Crippen LogP contribution < -0.4 is 5.73 Å². The molecule has 0 aromatic heterocycles. The Morgan fingerprint density at radius 3 is 2.50 bits per heavy atom. The molecule has 2 N–H and O–H groups in total. The van der Waals surface area contributed by atoms with Crippen LogP contribution in [0.2, 0.25) is 0 Å². The maximum atomic E-state index is 12.5. The molecule has 0 fully saturated rings. The zero-order valence-corrected chi connectivity index (χ0v) is 13.0. The number of hydrogen-bond acceptors (Lipinski definition) is 3. The normalized spacial score (nSPS) is 13.6. The second-order valence-electron chi connectivity index (χ2n) is 4.90. The lowest BCUT2D eigenvalue weighted by atomic mass is 9.97. The summed E-state index contributed by atoms with van der Waals surface area (Å²) in [5.41, 5.74) is 6.80. The highest BCUT2D eigenvalue weighted by Gasteiger charge is 2.27. The lowest BCUT2D eigenvalue weighted by Gasteiger charge is -2.28. The molecule has 1 aromatic carbocycles. The third-order valence-electron chi connectivity index (χ3n) is 3.34. The van der Waals surface area contributed by atoms with Crippen molar-refractivity contribution < 1.29 is 9.53 Å². The molecule has 1 aromatic rings. The van der Waals surface area contributed by atoms with Gasteiger partial charge in [0.15, 0.2) is 0 Å². The number of benzene rings is 1. The van der Waals surface area contributed by atoms with Crippen LogP contribution in [0.25, 0.3) is 0 Å². The molecule has 0 aliphatic heterocycles. The Balaban J connectivity index is 2.80. The van der Waals surface area contributed by atoms with Crippen molar-refractivity contribution >= 4 is 23.1 Å². The summed E-state index contributed by atoms with van der Waals surface area (Å²) in [5, 5.41) is 0. The van der Waals surface area contributed by atoms with Crippen molar-refractivity contribution in [3.8, 4) is 0 Å². The lowest BCUT2D eigenvalue weighted by Crippen LogP contribution is -2.45. The maximum Gasteiger partial charge on any atom is 0.232 e. The van der Waals surface area contributed by atoms with E-state index in [1.807, 2.05) is 37.3 Å². The topological polar surface area (TPSA) is 55.6 Å². The number of thiocarbonyl (C=S) groups is 1. The third-order valence-corrected chi connectivity index (χ3v) is 3.63. The molecule has 0 aliphatic carbocycles. The first-order valence-corrected chi connectivity index (χ1v) is 6.97. The molecule has 2 atom stereocenters. The predicted molar refractivity (Wildman–Crippen MR) is 84.5 cm³/mol. The van der Waals surface area contributed by atoms with Gasteiger partial charge in [-0.2, -0.15) is 0 Å². The largest absolute Gasteiger partial charge is 0.393 e. The maximum absolute atomic E-state index is 12.5. The van der Waals surface area contributed by atoms with E-state index in [4.69, 9.17) is 22.7 Å². The fourth-order valence-electron chi connectivity index (χ4n) is 1.98. The summed E-state index contributed by atoms with van der Waals surface area (Å²) in [6.45, 7) is 2.41. The molecule has 0 heterocycles. The number of amides is 1. The Kier molecular flexibility index (Phi) is 6.61. The van der Waals surface area contributed by atoms with Crippen LogP contribution in [0, 0.1) is 5.92 Å². The number of nitrogens with two attached hydrogens (primary N) is 1. The van der Waals surface area contributed by atoms with Crippen molar-refractivity contribution in [1.29, 1.82) is 0 Å². The Morgan fingerprint density at radius 2 is 2.00 bits per heavy atom. The van der Waals surface area contributed by atoms with Crippen LogP contribution in [0.3, 0.4) is 0 Å². The van der Waals surface area contributed by atoms with Gasteiger partial charge in [0, 0.05) is 14.2 Å². The molecule has 0 bridgehead atoms. The second-order valence-corrected chi connectivity index (χ2v) is 5.37. The first-order valence-electron chi connectivity index (χ1n) is 6.56. The monoisotopic (exact) mass is 294 g/mol. The van der Waals surface area contributed by atoms with Crippen molar-refractivity contribution in [2.45, 2.75) is 19.4 Å². The Hall–Kier alpha value is -1.46. The molecule has 4 nitrogen and oxygen atoms in total. The van der Waals surface area contributed by atoms with Crippen LogP contribution in [-0.4, -0.2) is 42.6 Å². The standard InChI is InChI=1S/C15H22N2O2S/c1-11(10-19-3)17(2)15(18)13(14(16)20)9-12-7-5-4-6-8-12/h4-8,11,13H,9-10H2,1-3H3,(H2,16,20). The molecule has 0 saturated heterocycles. The molecule has 5 heteroatoms. The summed E-state index contributed by atoms with van der Waals surface area (Å²) in [5.74, 6) is -0.539. The first kappa shape index (κ1) is 16.6. The van der Waals surface area contributed by atoms with Crippen LogP contribution in [-0.2, 0) is 16.0 Å². The van der Waals surface area contributed by atoms with Crippen molar-refractivity contribution in [3.63, 3.8) is 0 Å². The van der Waals surface area contributed by atoms with E-state index in [9.17, 15) is 4.79 Å². The molecule has 0 aliphatic rings. The van der Waals surface area contributed by atoms with Gasteiger partial charge in [0.25, 0.3) is 0 Å². The number of ether oxygens (including phenoxy) is 1. The highest BCUT2D eigenvalue weighted by Crippen LogP contribution is 2.13. The second kappa shape index (κ2) is 7.97. The molecule has 0 radical (unpaired) electrons. The third kappa shape index (κ3) is 4.58. The summed E-state index contributed by atoms with van der Waals surface area (Å²) in [6, 6.07) is 9.74. The van der Waals surface area contributed by atoms with E-state index in [-0.39, 0.29) is 16.9 Å². The van der Waals surface area contributed by atoms with Gasteiger partial charge < -0.3 is 15.4 Å². The van der Waals surface area contributed by atoms with Gasteiger partial charge in [0.2, 0.25) is 5.91 Å². The van der Waals surface area contributed by atoms with Gasteiger partial charge in [-0.25, -0.2) is 0 Å². The smallest absolute Gasteiger partial charge is 0.232 e. The van der Waals surface area contributed by atoms with Crippen molar-refractivity contribution in [2.75, 3.05) is 20.8 Å². The molecule has 1 amide bonds. The van der Waals surface area contributed by atoms with E-state index in [1.54, 1.807) is 19.1 Å². The van der Waals surface area contributed by atoms with Crippen LogP contribution in [0.5, 0.6) is 0 Å². The number of rotatable bonds is 7. The number of likely N-dealkylation sites (N-methyl/N-ethyl adjacent to an activating group) is 1. The quantitative estimate of drug-likeness (QED) is 0.777. The van der Waals surface area contributed by atoms with Crippen LogP contribution in [0.4, 0.5) is 0 Å². The van der Waals surface area contributed by atoms with Gasteiger partial charge in [0.1, 0.15) is 0 Å². The summed E-state index contributed by atoms with van der Waals surface area (Å²) in [7, 11) is 3.37. The zero-order chi connectivity index (χ0) is 15.1. The summed E-state index contributed by atoms with van der Waals surface area (Å²) < 4.78 is 5.08. The van der Waals surface area contributed by atoms with Crippen LogP contribution in [0.15, 0.2) is 30.3 Å². The minimum atomic E-state index is -0.475. The minimum Gasteiger partial charge on any atom is -0.393 e. The Labute approximate surface area is 125 Å². The highest BCUT2D eigenvalue weighted by atomic mass is 32.1. The SMILES string of the molecule is COCC(C)N(C)C(=O)C(Cc1ccccc1)C(N)=S. The number of carbonyl (C=O) groups is 1. The molecular formula is C15H22N2O2S. The van der Waals surface area contributed by atoms with Crippen LogP contribution >= 0.6 is 12.2 Å². The van der Waals surface area contributed by atoms with Gasteiger partial charge in [-0.15, -0.1) is 0 Å². The molecule has 0 spiro atoms. The number of nitrogens with zero attached hydrogens (tertiary/aromatic N) is 1. The van der Waals surface area contributed by atoms with Gasteiger partial charge >= 0.3 is 0 Å². The van der Waals surface area contributed by atoms with E-state index in [2.05, 4.69) is 0 Å². The molecule has 0 saturated carbocycles. The molecule has 110 valence electrons. The fourth-order valence-corrected chi connectivity index (χ4v) is 2.16. The van der Waals surface area contributed by atoms with E-state index >= 15 is 0 Å². The Bertz CT molecular complexity index is 450.